The molecule has 0 radical (unpaired) electrons. The number of hydrogen-bond acceptors (Lipinski definition) is 5. The lowest BCUT2D eigenvalue weighted by atomic mass is 9.96. The van der Waals surface area contributed by atoms with E-state index in [1.165, 1.54) is 12.1 Å². The number of halogens is 3. The maximum atomic E-state index is 12.2. The highest BCUT2D eigenvalue weighted by Crippen LogP contribution is 2.24. The van der Waals surface area contributed by atoms with Crippen molar-refractivity contribution in [2.24, 2.45) is 0 Å². The largest absolute Gasteiger partial charge is 0.405 e. The SMILES string of the molecule is CC(c1nc(C(C)(C)C)no1)N(C)Cc1ccc(C(=O)NCC(F)(F)F)cc1. The average Bonchev–Trinajstić information content (AvgIpc) is 3.09. The second-order valence-corrected chi connectivity index (χ2v) is 7.79. The number of carbonyl (C=O) groups excluding carboxylic acids is 1. The maximum Gasteiger partial charge on any atom is 0.405 e. The molecule has 0 fully saturated rings. The molecule has 0 spiro atoms. The molecule has 0 aliphatic heterocycles. The highest BCUT2D eigenvalue weighted by atomic mass is 19.4. The Morgan fingerprint density at radius 3 is 2.32 bits per heavy atom. The first-order chi connectivity index (χ1) is 12.9. The van der Waals surface area contributed by atoms with Crippen molar-refractivity contribution in [3.8, 4) is 0 Å². The fourth-order valence-electron chi connectivity index (χ4n) is 2.37. The number of nitrogens with one attached hydrogen (secondary N) is 1. The van der Waals surface area contributed by atoms with Gasteiger partial charge in [0, 0.05) is 17.5 Å². The normalized spacial score (nSPS) is 13.6. The van der Waals surface area contributed by atoms with Crippen LogP contribution in [-0.2, 0) is 12.0 Å². The van der Waals surface area contributed by atoms with Crippen LogP contribution in [0.2, 0.25) is 0 Å². The van der Waals surface area contributed by atoms with E-state index >= 15 is 0 Å². The smallest absolute Gasteiger partial charge is 0.343 e. The van der Waals surface area contributed by atoms with Crippen LogP contribution in [0.15, 0.2) is 28.8 Å². The molecule has 0 saturated carbocycles. The maximum absolute atomic E-state index is 12.2. The van der Waals surface area contributed by atoms with Gasteiger partial charge in [-0.1, -0.05) is 38.1 Å². The molecule has 2 aromatic rings. The van der Waals surface area contributed by atoms with Gasteiger partial charge >= 0.3 is 6.18 Å². The van der Waals surface area contributed by atoms with E-state index in [-0.39, 0.29) is 17.0 Å². The van der Waals surface area contributed by atoms with E-state index in [4.69, 9.17) is 4.52 Å². The summed E-state index contributed by atoms with van der Waals surface area (Å²) in [5.74, 6) is 0.388. The van der Waals surface area contributed by atoms with Gasteiger partial charge in [0.1, 0.15) is 6.54 Å². The molecule has 2 rings (SSSR count). The summed E-state index contributed by atoms with van der Waals surface area (Å²) in [6, 6.07) is 6.30. The van der Waals surface area contributed by atoms with Gasteiger partial charge in [-0.15, -0.1) is 0 Å². The van der Waals surface area contributed by atoms with Gasteiger partial charge < -0.3 is 9.84 Å². The number of alkyl halides is 3. The van der Waals surface area contributed by atoms with Crippen molar-refractivity contribution < 1.29 is 22.5 Å². The quantitative estimate of drug-likeness (QED) is 0.800. The number of benzene rings is 1. The summed E-state index contributed by atoms with van der Waals surface area (Å²) in [7, 11) is 1.90. The van der Waals surface area contributed by atoms with Gasteiger partial charge in [-0.25, -0.2) is 0 Å². The van der Waals surface area contributed by atoms with Crippen LogP contribution in [0, 0.1) is 0 Å². The van der Waals surface area contributed by atoms with Crippen molar-refractivity contribution in [3.63, 3.8) is 0 Å². The zero-order chi connectivity index (χ0) is 21.1. The molecule has 1 amide bonds. The van der Waals surface area contributed by atoms with E-state index in [9.17, 15) is 18.0 Å². The van der Waals surface area contributed by atoms with Crippen molar-refractivity contribution in [1.29, 1.82) is 0 Å². The van der Waals surface area contributed by atoms with E-state index in [0.29, 0.717) is 18.3 Å². The van der Waals surface area contributed by atoms with E-state index in [1.807, 2.05) is 45.0 Å². The van der Waals surface area contributed by atoms with E-state index in [2.05, 4.69) is 10.1 Å². The predicted molar refractivity (Wildman–Crippen MR) is 97.7 cm³/mol. The molecule has 0 saturated heterocycles. The molecule has 0 aliphatic rings. The minimum atomic E-state index is -4.43. The van der Waals surface area contributed by atoms with E-state index < -0.39 is 18.6 Å². The number of rotatable bonds is 6. The Morgan fingerprint density at radius 2 is 1.82 bits per heavy atom. The molecule has 0 bridgehead atoms. The van der Waals surface area contributed by atoms with E-state index in [0.717, 1.165) is 5.56 Å². The molecule has 28 heavy (non-hydrogen) atoms. The third-order valence-electron chi connectivity index (χ3n) is 4.23. The summed E-state index contributed by atoms with van der Waals surface area (Å²) in [6.07, 6.45) is -4.43. The summed E-state index contributed by atoms with van der Waals surface area (Å²) < 4.78 is 41.9. The molecule has 6 nitrogen and oxygen atoms in total. The molecular weight excluding hydrogens is 373 g/mol. The highest BCUT2D eigenvalue weighted by Gasteiger charge is 2.28. The first kappa shape index (κ1) is 21.9. The van der Waals surface area contributed by atoms with Gasteiger partial charge in [0.25, 0.3) is 5.91 Å². The number of nitrogens with zero attached hydrogens (tertiary/aromatic N) is 3. The standard InChI is InChI=1S/C19H25F3N4O2/c1-12(16-24-17(25-28-16)18(2,3)4)26(5)10-13-6-8-14(9-7-13)15(27)23-11-19(20,21)22/h6-9,12H,10-11H2,1-5H3,(H,23,27). The lowest BCUT2D eigenvalue weighted by molar-refractivity contribution is -0.123. The Balaban J connectivity index is 1.97. The topological polar surface area (TPSA) is 71.3 Å². The van der Waals surface area contributed by atoms with Crippen molar-refractivity contribution in [3.05, 3.63) is 47.1 Å². The van der Waals surface area contributed by atoms with Crippen LogP contribution in [-0.4, -0.2) is 40.7 Å². The minimum absolute atomic E-state index is 0.127. The van der Waals surface area contributed by atoms with Crippen molar-refractivity contribution in [1.82, 2.24) is 20.4 Å². The first-order valence-corrected chi connectivity index (χ1v) is 8.85. The Bertz CT molecular complexity index is 795. The molecule has 1 aromatic carbocycles. The molecular formula is C19H25F3N4O2. The summed E-state index contributed by atoms with van der Waals surface area (Å²) in [4.78, 5) is 18.2. The second-order valence-electron chi connectivity index (χ2n) is 7.79. The van der Waals surface area contributed by atoms with Crippen LogP contribution in [0.3, 0.4) is 0 Å². The van der Waals surface area contributed by atoms with Crippen molar-refractivity contribution in [2.75, 3.05) is 13.6 Å². The van der Waals surface area contributed by atoms with Gasteiger partial charge in [-0.2, -0.15) is 18.2 Å². The van der Waals surface area contributed by atoms with Gasteiger partial charge in [0.15, 0.2) is 5.82 Å². The number of amides is 1. The molecule has 1 N–H and O–H groups in total. The predicted octanol–water partition coefficient (Wildman–Crippen LogP) is 3.85. The van der Waals surface area contributed by atoms with Crippen molar-refractivity contribution >= 4 is 5.91 Å². The summed E-state index contributed by atoms with van der Waals surface area (Å²) in [6.45, 7) is 7.14. The fraction of sp³-hybridized carbons (Fsp3) is 0.526. The minimum Gasteiger partial charge on any atom is -0.343 e. The third-order valence-corrected chi connectivity index (χ3v) is 4.23. The zero-order valence-corrected chi connectivity index (χ0v) is 16.6. The average molecular weight is 398 g/mol. The van der Waals surface area contributed by atoms with Gasteiger partial charge in [0.05, 0.1) is 6.04 Å². The monoisotopic (exact) mass is 398 g/mol. The molecule has 1 aromatic heterocycles. The van der Waals surface area contributed by atoms with Gasteiger partial charge in [-0.3, -0.25) is 9.69 Å². The Kier molecular flexibility index (Phi) is 6.48. The fourth-order valence-corrected chi connectivity index (χ4v) is 2.37. The van der Waals surface area contributed by atoms with Crippen LogP contribution >= 0.6 is 0 Å². The highest BCUT2D eigenvalue weighted by molar-refractivity contribution is 5.94. The van der Waals surface area contributed by atoms with Gasteiger partial charge in [0.2, 0.25) is 5.89 Å². The molecule has 9 heteroatoms. The van der Waals surface area contributed by atoms with Crippen LogP contribution in [0.25, 0.3) is 0 Å². The number of hydrogen-bond donors (Lipinski definition) is 1. The number of aromatic nitrogens is 2. The molecule has 1 unspecified atom stereocenters. The Labute approximate surface area is 162 Å². The molecule has 154 valence electrons. The lowest BCUT2D eigenvalue weighted by Crippen LogP contribution is -2.33. The second kappa shape index (κ2) is 8.30. The lowest BCUT2D eigenvalue weighted by Gasteiger charge is -2.21. The van der Waals surface area contributed by atoms with Crippen LogP contribution in [0.1, 0.15) is 61.4 Å². The van der Waals surface area contributed by atoms with Crippen molar-refractivity contribution in [2.45, 2.75) is 51.9 Å². The Hall–Kier alpha value is -2.42. The van der Waals surface area contributed by atoms with Gasteiger partial charge in [-0.05, 0) is 31.7 Å². The summed E-state index contributed by atoms with van der Waals surface area (Å²) >= 11 is 0. The molecule has 0 aliphatic carbocycles. The van der Waals surface area contributed by atoms with Crippen LogP contribution < -0.4 is 5.32 Å². The third kappa shape index (κ3) is 6.05. The zero-order valence-electron chi connectivity index (χ0n) is 16.6. The molecule has 1 heterocycles. The number of carbonyl (C=O) groups is 1. The summed E-state index contributed by atoms with van der Waals surface area (Å²) in [5.41, 5.74) is 0.871. The van der Waals surface area contributed by atoms with Crippen LogP contribution in [0.4, 0.5) is 13.2 Å². The summed E-state index contributed by atoms with van der Waals surface area (Å²) in [5, 5.41) is 5.88. The first-order valence-electron chi connectivity index (χ1n) is 8.85. The Morgan fingerprint density at radius 1 is 1.21 bits per heavy atom. The van der Waals surface area contributed by atoms with E-state index in [1.54, 1.807) is 12.1 Å². The van der Waals surface area contributed by atoms with Crippen LogP contribution in [0.5, 0.6) is 0 Å². The molecule has 1 atom stereocenters.